The van der Waals surface area contributed by atoms with Gasteiger partial charge in [-0.25, -0.2) is 9.37 Å². The van der Waals surface area contributed by atoms with Crippen molar-refractivity contribution in [3.8, 4) is 22.3 Å². The number of aryl methyl sites for hydroxylation is 1. The average Bonchev–Trinajstić information content (AvgIpc) is 2.68. The fourth-order valence-corrected chi connectivity index (χ4v) is 3.53. The lowest BCUT2D eigenvalue weighted by Crippen LogP contribution is -2.31. The second kappa shape index (κ2) is 6.97. The minimum atomic E-state index is -0.576. The molecule has 1 aliphatic heterocycles. The third-order valence-corrected chi connectivity index (χ3v) is 5.05. The molecule has 1 aromatic heterocycles. The number of nitrogens with one attached hydrogen (secondary N) is 1. The van der Waals surface area contributed by atoms with Crippen molar-refractivity contribution in [1.82, 2.24) is 10.3 Å². The van der Waals surface area contributed by atoms with Gasteiger partial charge in [0.2, 0.25) is 0 Å². The van der Waals surface area contributed by atoms with Gasteiger partial charge >= 0.3 is 0 Å². The van der Waals surface area contributed by atoms with Crippen LogP contribution in [0, 0.1) is 22.9 Å². The van der Waals surface area contributed by atoms with Gasteiger partial charge in [0.1, 0.15) is 11.6 Å². The topological polar surface area (TPSA) is 111 Å². The minimum Gasteiger partial charge on any atom is -0.383 e. The number of nitrogens with two attached hydrogens (primary N) is 1. The normalized spacial score (nSPS) is 13.0. The Morgan fingerprint density at radius 1 is 1.14 bits per heavy atom. The Balaban J connectivity index is 1.83. The molecular formula is C21H17FN4O3. The number of aromatic nitrogens is 1. The van der Waals surface area contributed by atoms with E-state index in [4.69, 9.17) is 5.73 Å². The Hall–Kier alpha value is -3.81. The highest BCUT2D eigenvalue weighted by Crippen LogP contribution is 2.34. The lowest BCUT2D eigenvalue weighted by atomic mass is 9.94. The van der Waals surface area contributed by atoms with Gasteiger partial charge in [-0.05, 0) is 42.7 Å². The Labute approximate surface area is 165 Å². The highest BCUT2D eigenvalue weighted by molar-refractivity contribution is 5.97. The summed E-state index contributed by atoms with van der Waals surface area (Å²) in [5.74, 6) is -0.449. The molecule has 3 aromatic rings. The van der Waals surface area contributed by atoms with E-state index in [1.54, 1.807) is 18.2 Å². The zero-order valence-corrected chi connectivity index (χ0v) is 15.5. The van der Waals surface area contributed by atoms with Crippen LogP contribution in [0.15, 0.2) is 42.6 Å². The van der Waals surface area contributed by atoms with Crippen molar-refractivity contribution in [2.75, 3.05) is 12.3 Å². The Kier molecular flexibility index (Phi) is 4.46. The van der Waals surface area contributed by atoms with Gasteiger partial charge in [-0.2, -0.15) is 0 Å². The standard InChI is InChI=1S/C21H17FN4O3/c1-11-6-18(22)16(9-19(11)26(28)29)14-8-17(20(23)25-10-14)12-2-3-15-13(7-12)4-5-24-21(15)27/h2-3,6-10H,4-5H2,1H3,(H2,23,25)(H,24,27). The maximum absolute atomic E-state index is 14.6. The second-order valence-corrected chi connectivity index (χ2v) is 6.91. The maximum Gasteiger partial charge on any atom is 0.273 e. The molecule has 1 aliphatic rings. The van der Waals surface area contributed by atoms with Crippen molar-refractivity contribution in [3.05, 3.63) is 75.2 Å². The van der Waals surface area contributed by atoms with E-state index in [1.807, 2.05) is 6.07 Å². The molecular weight excluding hydrogens is 375 g/mol. The molecule has 0 saturated heterocycles. The van der Waals surface area contributed by atoms with Crippen LogP contribution in [0.25, 0.3) is 22.3 Å². The van der Waals surface area contributed by atoms with Crippen LogP contribution in [-0.2, 0) is 6.42 Å². The molecule has 3 N–H and O–H groups in total. The van der Waals surface area contributed by atoms with Crippen LogP contribution >= 0.6 is 0 Å². The number of pyridine rings is 1. The molecule has 2 heterocycles. The van der Waals surface area contributed by atoms with Crippen LogP contribution in [0.1, 0.15) is 21.5 Å². The SMILES string of the molecule is Cc1cc(F)c(-c2cnc(N)c(-c3ccc4c(c3)CCNC4=O)c2)cc1[N+](=O)[O-]. The number of carbonyl (C=O) groups excluding carboxylic acids is 1. The predicted octanol–water partition coefficient (Wildman–Crippen LogP) is 3.64. The summed E-state index contributed by atoms with van der Waals surface area (Å²) in [6, 6.07) is 9.36. The van der Waals surface area contributed by atoms with E-state index >= 15 is 0 Å². The lowest BCUT2D eigenvalue weighted by Gasteiger charge is -2.18. The molecule has 0 saturated carbocycles. The van der Waals surface area contributed by atoms with Crippen molar-refractivity contribution < 1.29 is 14.1 Å². The molecule has 0 fully saturated rings. The number of nitrogens with zero attached hydrogens (tertiary/aromatic N) is 2. The predicted molar refractivity (Wildman–Crippen MR) is 107 cm³/mol. The van der Waals surface area contributed by atoms with Crippen molar-refractivity contribution in [3.63, 3.8) is 0 Å². The molecule has 146 valence electrons. The molecule has 0 bridgehead atoms. The van der Waals surface area contributed by atoms with Crippen molar-refractivity contribution in [2.24, 2.45) is 0 Å². The molecule has 4 rings (SSSR count). The van der Waals surface area contributed by atoms with E-state index < -0.39 is 10.7 Å². The van der Waals surface area contributed by atoms with Gasteiger partial charge in [0.05, 0.1) is 4.92 Å². The van der Waals surface area contributed by atoms with Crippen molar-refractivity contribution in [2.45, 2.75) is 13.3 Å². The number of carbonyl (C=O) groups is 1. The van der Waals surface area contributed by atoms with Gasteiger partial charge in [0.15, 0.2) is 0 Å². The first-order chi connectivity index (χ1) is 13.8. The van der Waals surface area contributed by atoms with Gasteiger partial charge in [-0.3, -0.25) is 14.9 Å². The summed E-state index contributed by atoms with van der Waals surface area (Å²) in [6.07, 6.45) is 2.09. The number of hydrogen-bond donors (Lipinski definition) is 2. The molecule has 2 aromatic carbocycles. The Bertz CT molecular complexity index is 1180. The number of rotatable bonds is 3. The molecule has 7 nitrogen and oxygen atoms in total. The number of halogens is 1. The number of fused-ring (bicyclic) bond motifs is 1. The fourth-order valence-electron chi connectivity index (χ4n) is 3.53. The summed E-state index contributed by atoms with van der Waals surface area (Å²) >= 11 is 0. The lowest BCUT2D eigenvalue weighted by molar-refractivity contribution is -0.385. The van der Waals surface area contributed by atoms with Crippen LogP contribution in [0.4, 0.5) is 15.9 Å². The smallest absolute Gasteiger partial charge is 0.273 e. The molecule has 0 atom stereocenters. The van der Waals surface area contributed by atoms with Gasteiger partial charge < -0.3 is 11.1 Å². The molecule has 1 amide bonds. The van der Waals surface area contributed by atoms with Crippen molar-refractivity contribution >= 4 is 17.4 Å². The summed E-state index contributed by atoms with van der Waals surface area (Å²) in [5, 5.41) is 14.0. The van der Waals surface area contributed by atoms with Crippen LogP contribution in [0.3, 0.4) is 0 Å². The zero-order chi connectivity index (χ0) is 20.7. The Morgan fingerprint density at radius 2 is 1.93 bits per heavy atom. The molecule has 0 unspecified atom stereocenters. The van der Waals surface area contributed by atoms with Crippen LogP contribution in [0.2, 0.25) is 0 Å². The first-order valence-corrected chi connectivity index (χ1v) is 8.97. The summed E-state index contributed by atoms with van der Waals surface area (Å²) < 4.78 is 14.6. The molecule has 29 heavy (non-hydrogen) atoms. The third kappa shape index (κ3) is 3.29. The van der Waals surface area contributed by atoms with Crippen LogP contribution in [-0.4, -0.2) is 22.4 Å². The summed E-state index contributed by atoms with van der Waals surface area (Å²) in [4.78, 5) is 26.8. The third-order valence-electron chi connectivity index (χ3n) is 5.05. The van der Waals surface area contributed by atoms with Gasteiger partial charge in [0.25, 0.3) is 11.6 Å². The quantitative estimate of drug-likeness (QED) is 0.522. The van der Waals surface area contributed by atoms with Crippen molar-refractivity contribution in [1.29, 1.82) is 0 Å². The van der Waals surface area contributed by atoms with E-state index in [9.17, 15) is 19.3 Å². The number of benzene rings is 2. The van der Waals surface area contributed by atoms with Crippen LogP contribution in [0.5, 0.6) is 0 Å². The van der Waals surface area contributed by atoms with E-state index in [1.165, 1.54) is 19.2 Å². The van der Waals surface area contributed by atoms with E-state index in [0.29, 0.717) is 29.7 Å². The summed E-state index contributed by atoms with van der Waals surface area (Å²) in [7, 11) is 0. The number of anilines is 1. The minimum absolute atomic E-state index is 0.0772. The van der Waals surface area contributed by atoms with E-state index in [-0.39, 0.29) is 28.5 Å². The monoisotopic (exact) mass is 392 g/mol. The first kappa shape index (κ1) is 18.5. The maximum atomic E-state index is 14.6. The molecule has 8 heteroatoms. The molecule has 0 aliphatic carbocycles. The van der Waals surface area contributed by atoms with Gasteiger partial charge in [-0.15, -0.1) is 0 Å². The highest BCUT2D eigenvalue weighted by Gasteiger charge is 2.20. The Morgan fingerprint density at radius 3 is 2.69 bits per heavy atom. The number of nitro groups is 1. The van der Waals surface area contributed by atoms with Crippen LogP contribution < -0.4 is 11.1 Å². The number of amides is 1. The largest absolute Gasteiger partial charge is 0.383 e. The first-order valence-electron chi connectivity index (χ1n) is 8.97. The van der Waals surface area contributed by atoms with Gasteiger partial charge in [0, 0.05) is 46.6 Å². The fraction of sp³-hybridized carbons (Fsp3) is 0.143. The average molecular weight is 392 g/mol. The molecule has 0 radical (unpaired) electrons. The van der Waals surface area contributed by atoms with Gasteiger partial charge in [-0.1, -0.05) is 12.1 Å². The van der Waals surface area contributed by atoms with E-state index in [2.05, 4.69) is 10.3 Å². The summed E-state index contributed by atoms with van der Waals surface area (Å²) in [6.45, 7) is 2.04. The molecule has 0 spiro atoms. The highest BCUT2D eigenvalue weighted by atomic mass is 19.1. The number of nitro benzene ring substituents is 1. The second-order valence-electron chi connectivity index (χ2n) is 6.91. The van der Waals surface area contributed by atoms with E-state index in [0.717, 1.165) is 17.2 Å². The zero-order valence-electron chi connectivity index (χ0n) is 15.5. The number of nitrogen functional groups attached to an aromatic ring is 1. The summed E-state index contributed by atoms with van der Waals surface area (Å²) in [5.41, 5.74) is 9.41. The number of hydrogen-bond acceptors (Lipinski definition) is 5.